The van der Waals surface area contributed by atoms with Gasteiger partial charge in [-0.05, 0) is 6.08 Å². The molecule has 1 unspecified atom stereocenters. The lowest BCUT2D eigenvalue weighted by Crippen LogP contribution is -2.41. The highest BCUT2D eigenvalue weighted by Gasteiger charge is 2.60. The van der Waals surface area contributed by atoms with Gasteiger partial charge in [-0.15, -0.1) is 0 Å². The van der Waals surface area contributed by atoms with Gasteiger partial charge in [0.2, 0.25) is 5.83 Å². The fourth-order valence-corrected chi connectivity index (χ4v) is 0.677. The highest BCUT2D eigenvalue weighted by atomic mass is 19.4. The molecule has 0 aromatic carbocycles. The maximum atomic E-state index is 12.4. The molecule has 0 aromatic heterocycles. The van der Waals surface area contributed by atoms with Gasteiger partial charge in [-0.25, -0.2) is 4.39 Å². The van der Waals surface area contributed by atoms with E-state index in [-0.39, 0.29) is 6.92 Å². The Labute approximate surface area is 83.7 Å². The summed E-state index contributed by atoms with van der Waals surface area (Å²) in [5.74, 6) is -11.4. The Morgan fingerprint density at radius 1 is 0.938 bits per heavy atom. The predicted molar refractivity (Wildman–Crippen MR) is 35.4 cm³/mol. The first-order valence-electron chi connectivity index (χ1n) is 3.69. The number of rotatable bonds is 2. The summed E-state index contributed by atoms with van der Waals surface area (Å²) < 4.78 is 106. The molecule has 0 radical (unpaired) electrons. The molecule has 0 heterocycles. The van der Waals surface area contributed by atoms with Crippen LogP contribution in [0.4, 0.5) is 39.5 Å². The van der Waals surface area contributed by atoms with Crippen molar-refractivity contribution in [3.63, 3.8) is 0 Å². The number of halogens is 9. The van der Waals surface area contributed by atoms with Gasteiger partial charge in [-0.2, -0.15) is 35.1 Å². The van der Waals surface area contributed by atoms with E-state index in [0.717, 1.165) is 0 Å². The van der Waals surface area contributed by atoms with E-state index in [1.54, 1.807) is 0 Å². The van der Waals surface area contributed by atoms with Crippen molar-refractivity contribution in [3.8, 4) is 0 Å². The fourth-order valence-electron chi connectivity index (χ4n) is 0.677. The topological polar surface area (TPSA) is 0 Å². The van der Waals surface area contributed by atoms with Crippen LogP contribution in [0.1, 0.15) is 6.92 Å². The molecule has 0 saturated heterocycles. The van der Waals surface area contributed by atoms with E-state index in [0.29, 0.717) is 0 Å². The Hall–Kier alpha value is -0.890. The molecular formula is C7H5F9. The molecule has 96 valence electrons. The molecule has 0 spiro atoms. The minimum atomic E-state index is -6.03. The molecule has 0 aliphatic carbocycles. The molecule has 0 rings (SSSR count). The van der Waals surface area contributed by atoms with Gasteiger partial charge in [-0.3, -0.25) is 0 Å². The summed E-state index contributed by atoms with van der Waals surface area (Å²) in [6, 6.07) is 0. The van der Waals surface area contributed by atoms with Crippen molar-refractivity contribution in [2.75, 3.05) is 0 Å². The van der Waals surface area contributed by atoms with Gasteiger partial charge in [0.05, 0.1) is 5.92 Å². The minimum absolute atomic E-state index is 0.138. The van der Waals surface area contributed by atoms with E-state index in [1.807, 2.05) is 0 Å². The standard InChI is InChI=1S/C7H5F9/c1-3(2-4(8)6(11,12)13)5(9,10)7(14,15)16/h2-3H,1H3/b4-2-. The normalized spacial score (nSPS) is 17.5. The van der Waals surface area contributed by atoms with E-state index in [9.17, 15) is 39.5 Å². The smallest absolute Gasteiger partial charge is 0.202 e. The number of alkyl halides is 8. The zero-order valence-corrected chi connectivity index (χ0v) is 7.56. The van der Waals surface area contributed by atoms with Crippen LogP contribution in [0.15, 0.2) is 11.9 Å². The van der Waals surface area contributed by atoms with Crippen molar-refractivity contribution in [1.29, 1.82) is 0 Å². The van der Waals surface area contributed by atoms with Gasteiger partial charge in [-0.1, -0.05) is 6.92 Å². The van der Waals surface area contributed by atoms with Gasteiger partial charge >= 0.3 is 18.3 Å². The third-order valence-electron chi connectivity index (χ3n) is 1.62. The average molecular weight is 260 g/mol. The quantitative estimate of drug-likeness (QED) is 0.651. The summed E-state index contributed by atoms with van der Waals surface area (Å²) in [5, 5.41) is 0. The molecule has 1 atom stereocenters. The largest absolute Gasteiger partial charge is 0.453 e. The minimum Gasteiger partial charge on any atom is -0.202 e. The summed E-state index contributed by atoms with van der Waals surface area (Å²) >= 11 is 0. The third-order valence-corrected chi connectivity index (χ3v) is 1.62. The second kappa shape index (κ2) is 4.17. The van der Waals surface area contributed by atoms with Crippen molar-refractivity contribution in [3.05, 3.63) is 11.9 Å². The molecule has 0 aliphatic rings. The van der Waals surface area contributed by atoms with Crippen LogP contribution in [0, 0.1) is 5.92 Å². The van der Waals surface area contributed by atoms with E-state index < -0.39 is 36.1 Å². The maximum Gasteiger partial charge on any atom is 0.453 e. The molecule has 0 saturated carbocycles. The summed E-state index contributed by atoms with van der Waals surface area (Å²) in [7, 11) is 0. The van der Waals surface area contributed by atoms with Gasteiger partial charge in [0.1, 0.15) is 0 Å². The number of allylic oxidation sites excluding steroid dienone is 2. The van der Waals surface area contributed by atoms with E-state index in [2.05, 4.69) is 0 Å². The van der Waals surface area contributed by atoms with Gasteiger partial charge in [0.25, 0.3) is 0 Å². The predicted octanol–water partition coefficient (Wildman–Crippen LogP) is 4.24. The number of hydrogen-bond donors (Lipinski definition) is 0. The van der Waals surface area contributed by atoms with Crippen molar-refractivity contribution in [1.82, 2.24) is 0 Å². The Kier molecular flexibility index (Phi) is 3.94. The van der Waals surface area contributed by atoms with Crippen LogP contribution in [0.3, 0.4) is 0 Å². The van der Waals surface area contributed by atoms with E-state index >= 15 is 0 Å². The van der Waals surface area contributed by atoms with Crippen LogP contribution in [-0.4, -0.2) is 18.3 Å². The molecule has 0 N–H and O–H groups in total. The molecule has 16 heavy (non-hydrogen) atoms. The summed E-state index contributed by atoms with van der Waals surface area (Å²) in [4.78, 5) is 0. The molecule has 0 amide bonds. The highest BCUT2D eigenvalue weighted by molar-refractivity contribution is 5.05. The second-order valence-corrected chi connectivity index (χ2v) is 2.92. The third kappa shape index (κ3) is 3.31. The van der Waals surface area contributed by atoms with Crippen LogP contribution in [0.5, 0.6) is 0 Å². The lowest BCUT2D eigenvalue weighted by Gasteiger charge is -2.23. The first kappa shape index (κ1) is 15.1. The van der Waals surface area contributed by atoms with Crippen molar-refractivity contribution >= 4 is 0 Å². The first-order chi connectivity index (χ1) is 6.80. The maximum absolute atomic E-state index is 12.4. The molecule has 0 bridgehead atoms. The monoisotopic (exact) mass is 260 g/mol. The average Bonchev–Trinajstić information content (AvgIpc) is 1.99. The first-order valence-corrected chi connectivity index (χ1v) is 3.69. The van der Waals surface area contributed by atoms with Gasteiger partial charge in [0.15, 0.2) is 0 Å². The number of hydrogen-bond acceptors (Lipinski definition) is 0. The molecule has 0 nitrogen and oxygen atoms in total. The van der Waals surface area contributed by atoms with Crippen LogP contribution < -0.4 is 0 Å². The van der Waals surface area contributed by atoms with Crippen LogP contribution in [-0.2, 0) is 0 Å². The highest BCUT2D eigenvalue weighted by Crippen LogP contribution is 2.42. The molecular weight excluding hydrogens is 255 g/mol. The Morgan fingerprint density at radius 2 is 1.31 bits per heavy atom. The lowest BCUT2D eigenvalue weighted by atomic mass is 10.0. The molecule has 0 fully saturated rings. The van der Waals surface area contributed by atoms with Crippen molar-refractivity contribution in [2.45, 2.75) is 25.2 Å². The summed E-state index contributed by atoms with van der Waals surface area (Å²) in [6.45, 7) is 0.138. The lowest BCUT2D eigenvalue weighted by molar-refractivity contribution is -0.295. The fraction of sp³-hybridized carbons (Fsp3) is 0.714. The second-order valence-electron chi connectivity index (χ2n) is 2.92. The van der Waals surface area contributed by atoms with Gasteiger partial charge < -0.3 is 0 Å². The van der Waals surface area contributed by atoms with Crippen molar-refractivity contribution in [2.24, 2.45) is 5.92 Å². The Morgan fingerprint density at radius 3 is 1.56 bits per heavy atom. The van der Waals surface area contributed by atoms with E-state index in [4.69, 9.17) is 0 Å². The van der Waals surface area contributed by atoms with Crippen LogP contribution in [0.25, 0.3) is 0 Å². The Balaban J connectivity index is 5.04. The SMILES string of the molecule is CC(/C=C(\F)C(F)(F)F)C(F)(F)C(F)(F)F. The Bertz CT molecular complexity index is 269. The molecule has 0 aromatic rings. The van der Waals surface area contributed by atoms with E-state index in [1.165, 1.54) is 0 Å². The van der Waals surface area contributed by atoms with Crippen LogP contribution >= 0.6 is 0 Å². The summed E-state index contributed by atoms with van der Waals surface area (Å²) in [6.07, 6.45) is -12.4. The molecule has 0 aliphatic heterocycles. The van der Waals surface area contributed by atoms with Crippen molar-refractivity contribution < 1.29 is 39.5 Å². The molecule has 9 heteroatoms. The zero-order chi connectivity index (χ0) is 13.4. The summed E-state index contributed by atoms with van der Waals surface area (Å²) in [5.41, 5.74) is 0. The van der Waals surface area contributed by atoms with Gasteiger partial charge in [0, 0.05) is 0 Å². The zero-order valence-electron chi connectivity index (χ0n) is 7.56. The van der Waals surface area contributed by atoms with Crippen LogP contribution in [0.2, 0.25) is 0 Å².